The molecular weight excluding hydrogens is 224 g/mol. The maximum atomic E-state index is 11.0. The molecule has 0 radical (unpaired) electrons. The van der Waals surface area contributed by atoms with Crippen LogP contribution in [0.15, 0.2) is 48.7 Å². The molecule has 0 bridgehead atoms. The number of aromatic nitrogens is 1. The molecule has 2 N–H and O–H groups in total. The molecule has 3 heteroatoms. The van der Waals surface area contributed by atoms with Gasteiger partial charge in [-0.2, -0.15) is 0 Å². The topological polar surface area (TPSA) is 56.0 Å². The van der Waals surface area contributed by atoms with Gasteiger partial charge in [0, 0.05) is 17.5 Å². The number of rotatable bonds is 5. The normalized spacial score (nSPS) is 10.2. The number of carbonyl (C=O) groups is 1. The van der Waals surface area contributed by atoms with Crippen molar-refractivity contribution < 1.29 is 4.79 Å². The summed E-state index contributed by atoms with van der Waals surface area (Å²) < 4.78 is 0. The molecule has 1 heterocycles. The van der Waals surface area contributed by atoms with Gasteiger partial charge in [0.15, 0.2) is 0 Å². The first-order valence-corrected chi connectivity index (χ1v) is 6.04. The largest absolute Gasteiger partial charge is 0.366 e. The Morgan fingerprint density at radius 2 is 1.89 bits per heavy atom. The van der Waals surface area contributed by atoms with Crippen LogP contribution in [0.2, 0.25) is 0 Å². The second kappa shape index (κ2) is 5.96. The van der Waals surface area contributed by atoms with E-state index in [1.807, 2.05) is 18.2 Å². The lowest BCUT2D eigenvalue weighted by atomic mass is 10.1. The van der Waals surface area contributed by atoms with Crippen LogP contribution in [0.3, 0.4) is 0 Å². The number of aryl methyl sites for hydroxylation is 2. The third-order valence-corrected chi connectivity index (χ3v) is 2.84. The Balaban J connectivity index is 1.90. The Hall–Kier alpha value is -2.16. The van der Waals surface area contributed by atoms with Crippen molar-refractivity contribution >= 4 is 5.91 Å². The monoisotopic (exact) mass is 240 g/mol. The average Bonchev–Trinajstić information content (AvgIpc) is 2.40. The van der Waals surface area contributed by atoms with Crippen LogP contribution in [0.1, 0.15) is 28.0 Å². The molecule has 0 unspecified atom stereocenters. The third-order valence-electron chi connectivity index (χ3n) is 2.84. The minimum atomic E-state index is -0.401. The van der Waals surface area contributed by atoms with Crippen molar-refractivity contribution in [1.82, 2.24) is 4.98 Å². The van der Waals surface area contributed by atoms with Crippen molar-refractivity contribution in [2.45, 2.75) is 19.3 Å². The Labute approximate surface area is 107 Å². The van der Waals surface area contributed by atoms with Crippen LogP contribution >= 0.6 is 0 Å². The Kier molecular flexibility index (Phi) is 4.07. The Morgan fingerprint density at radius 1 is 1.11 bits per heavy atom. The Morgan fingerprint density at radius 3 is 2.61 bits per heavy atom. The standard InChI is InChI=1S/C15H16N2O/c16-15(18)13-9-10-17-14(11-13)8-4-7-12-5-2-1-3-6-12/h1-3,5-6,9-11H,4,7-8H2,(H2,16,18). The van der Waals surface area contributed by atoms with Gasteiger partial charge in [-0.05, 0) is 37.0 Å². The van der Waals surface area contributed by atoms with Crippen LogP contribution in [0.4, 0.5) is 0 Å². The van der Waals surface area contributed by atoms with Gasteiger partial charge in [-0.3, -0.25) is 9.78 Å². The SMILES string of the molecule is NC(=O)c1ccnc(CCCc2ccccc2)c1. The summed E-state index contributed by atoms with van der Waals surface area (Å²) in [6.07, 6.45) is 4.52. The molecule has 1 aromatic heterocycles. The van der Waals surface area contributed by atoms with Crippen LogP contribution in [-0.4, -0.2) is 10.9 Å². The van der Waals surface area contributed by atoms with Crippen LogP contribution in [0, 0.1) is 0 Å². The fourth-order valence-electron chi connectivity index (χ4n) is 1.89. The molecule has 18 heavy (non-hydrogen) atoms. The van der Waals surface area contributed by atoms with Crippen molar-refractivity contribution in [3.05, 3.63) is 65.5 Å². The van der Waals surface area contributed by atoms with Crippen LogP contribution in [-0.2, 0) is 12.8 Å². The summed E-state index contributed by atoms with van der Waals surface area (Å²) in [5, 5.41) is 0. The van der Waals surface area contributed by atoms with E-state index in [9.17, 15) is 4.79 Å². The highest BCUT2D eigenvalue weighted by molar-refractivity contribution is 5.92. The van der Waals surface area contributed by atoms with E-state index in [2.05, 4.69) is 17.1 Å². The van der Waals surface area contributed by atoms with Gasteiger partial charge in [0.2, 0.25) is 5.91 Å². The molecule has 1 aromatic carbocycles. The Bertz CT molecular complexity index is 523. The third kappa shape index (κ3) is 3.42. The summed E-state index contributed by atoms with van der Waals surface area (Å²) in [6.45, 7) is 0. The molecule has 0 atom stereocenters. The van der Waals surface area contributed by atoms with Crippen LogP contribution in [0.5, 0.6) is 0 Å². The number of hydrogen-bond acceptors (Lipinski definition) is 2. The van der Waals surface area contributed by atoms with Gasteiger partial charge in [-0.1, -0.05) is 30.3 Å². The summed E-state index contributed by atoms with van der Waals surface area (Å²) in [6, 6.07) is 13.8. The lowest BCUT2D eigenvalue weighted by Gasteiger charge is -2.03. The van der Waals surface area contributed by atoms with Crippen LogP contribution < -0.4 is 5.73 Å². The number of pyridine rings is 1. The lowest BCUT2D eigenvalue weighted by Crippen LogP contribution is -2.11. The molecule has 92 valence electrons. The maximum Gasteiger partial charge on any atom is 0.248 e. The second-order valence-electron chi connectivity index (χ2n) is 4.24. The zero-order valence-electron chi connectivity index (χ0n) is 10.2. The number of nitrogens with two attached hydrogens (primary N) is 1. The fourth-order valence-corrected chi connectivity index (χ4v) is 1.89. The molecule has 1 amide bonds. The first-order chi connectivity index (χ1) is 8.75. The zero-order chi connectivity index (χ0) is 12.8. The molecule has 0 aliphatic rings. The quantitative estimate of drug-likeness (QED) is 0.872. The van der Waals surface area contributed by atoms with E-state index in [1.165, 1.54) is 5.56 Å². The molecule has 0 aliphatic carbocycles. The van der Waals surface area contributed by atoms with Crippen molar-refractivity contribution in [2.75, 3.05) is 0 Å². The first kappa shape index (κ1) is 12.3. The van der Waals surface area contributed by atoms with E-state index in [-0.39, 0.29) is 0 Å². The second-order valence-corrected chi connectivity index (χ2v) is 4.24. The van der Waals surface area contributed by atoms with Gasteiger partial charge in [0.1, 0.15) is 0 Å². The minimum absolute atomic E-state index is 0.401. The van der Waals surface area contributed by atoms with Gasteiger partial charge in [-0.15, -0.1) is 0 Å². The van der Waals surface area contributed by atoms with E-state index in [0.29, 0.717) is 5.56 Å². The first-order valence-electron chi connectivity index (χ1n) is 6.04. The zero-order valence-corrected chi connectivity index (χ0v) is 10.2. The number of amides is 1. The van der Waals surface area contributed by atoms with Crippen molar-refractivity contribution in [1.29, 1.82) is 0 Å². The lowest BCUT2D eigenvalue weighted by molar-refractivity contribution is 0.1000. The molecule has 3 nitrogen and oxygen atoms in total. The predicted molar refractivity (Wildman–Crippen MR) is 71.2 cm³/mol. The minimum Gasteiger partial charge on any atom is -0.366 e. The summed E-state index contributed by atoms with van der Waals surface area (Å²) >= 11 is 0. The summed E-state index contributed by atoms with van der Waals surface area (Å²) in [5.74, 6) is -0.401. The highest BCUT2D eigenvalue weighted by Crippen LogP contribution is 2.08. The van der Waals surface area contributed by atoms with Gasteiger partial charge in [0.25, 0.3) is 0 Å². The van der Waals surface area contributed by atoms with Crippen molar-refractivity contribution in [3.63, 3.8) is 0 Å². The van der Waals surface area contributed by atoms with Crippen molar-refractivity contribution in [3.8, 4) is 0 Å². The molecular formula is C15H16N2O. The van der Waals surface area contributed by atoms with Crippen molar-refractivity contribution in [2.24, 2.45) is 5.73 Å². The van der Waals surface area contributed by atoms with Crippen LogP contribution in [0.25, 0.3) is 0 Å². The van der Waals surface area contributed by atoms with E-state index < -0.39 is 5.91 Å². The van der Waals surface area contributed by atoms with E-state index in [4.69, 9.17) is 5.73 Å². The number of benzene rings is 1. The molecule has 0 saturated heterocycles. The average molecular weight is 240 g/mol. The summed E-state index contributed by atoms with van der Waals surface area (Å²) in [4.78, 5) is 15.3. The predicted octanol–water partition coefficient (Wildman–Crippen LogP) is 2.36. The molecule has 2 aromatic rings. The summed E-state index contributed by atoms with van der Waals surface area (Å²) in [7, 11) is 0. The number of primary amides is 1. The van der Waals surface area contributed by atoms with E-state index in [1.54, 1.807) is 18.3 Å². The van der Waals surface area contributed by atoms with Gasteiger partial charge in [-0.25, -0.2) is 0 Å². The molecule has 0 spiro atoms. The fraction of sp³-hybridized carbons (Fsp3) is 0.200. The number of carbonyl (C=O) groups excluding carboxylic acids is 1. The molecule has 0 saturated carbocycles. The highest BCUT2D eigenvalue weighted by Gasteiger charge is 2.02. The van der Waals surface area contributed by atoms with E-state index >= 15 is 0 Å². The van der Waals surface area contributed by atoms with Gasteiger partial charge >= 0.3 is 0 Å². The van der Waals surface area contributed by atoms with Gasteiger partial charge in [0.05, 0.1) is 0 Å². The van der Waals surface area contributed by atoms with E-state index in [0.717, 1.165) is 25.0 Å². The maximum absolute atomic E-state index is 11.0. The molecule has 0 aliphatic heterocycles. The highest BCUT2D eigenvalue weighted by atomic mass is 16.1. The molecule has 0 fully saturated rings. The smallest absolute Gasteiger partial charge is 0.248 e. The number of nitrogens with zero attached hydrogens (tertiary/aromatic N) is 1. The number of hydrogen-bond donors (Lipinski definition) is 1. The molecule has 2 rings (SSSR count). The van der Waals surface area contributed by atoms with Gasteiger partial charge < -0.3 is 5.73 Å². The summed E-state index contributed by atoms with van der Waals surface area (Å²) in [5.41, 5.74) is 8.00.